The number of anilines is 1. The van der Waals surface area contributed by atoms with Crippen LogP contribution in [0, 0.1) is 0 Å². The second kappa shape index (κ2) is 5.07. The molecule has 0 amide bonds. The Morgan fingerprint density at radius 2 is 2.00 bits per heavy atom. The van der Waals surface area contributed by atoms with Crippen LogP contribution in [0.2, 0.25) is 5.02 Å². The highest BCUT2D eigenvalue weighted by molar-refractivity contribution is 6.31. The molecule has 1 aromatic rings. The Labute approximate surface area is 103 Å². The second-order valence-corrected chi connectivity index (χ2v) is 5.11. The van der Waals surface area contributed by atoms with Crippen molar-refractivity contribution < 1.29 is 0 Å². The third-order valence-corrected chi connectivity index (χ3v) is 3.77. The highest BCUT2D eigenvalue weighted by Gasteiger charge is 2.21. The molecule has 0 aliphatic heterocycles. The molecule has 16 heavy (non-hydrogen) atoms. The Bertz CT molecular complexity index is 361. The first-order valence-electron chi connectivity index (χ1n) is 5.64. The standard InChI is InChI=1S/C13H21ClN2/c1-5-13(2,3)16(4)11-7-6-10(9-15)12(14)8-11/h6-8H,5,9,15H2,1-4H3. The van der Waals surface area contributed by atoms with E-state index in [0.717, 1.165) is 22.7 Å². The molecule has 2 nitrogen and oxygen atoms in total. The maximum Gasteiger partial charge on any atom is 0.0471 e. The van der Waals surface area contributed by atoms with Gasteiger partial charge in [-0.1, -0.05) is 24.6 Å². The van der Waals surface area contributed by atoms with Crippen molar-refractivity contribution in [2.45, 2.75) is 39.3 Å². The van der Waals surface area contributed by atoms with Crippen LogP contribution >= 0.6 is 11.6 Å². The van der Waals surface area contributed by atoms with E-state index in [1.54, 1.807) is 0 Å². The van der Waals surface area contributed by atoms with Gasteiger partial charge in [0.15, 0.2) is 0 Å². The minimum absolute atomic E-state index is 0.133. The zero-order chi connectivity index (χ0) is 12.3. The topological polar surface area (TPSA) is 29.3 Å². The maximum atomic E-state index is 6.16. The number of hydrogen-bond donors (Lipinski definition) is 1. The lowest BCUT2D eigenvalue weighted by molar-refractivity contribution is 0.471. The maximum absolute atomic E-state index is 6.16. The first-order chi connectivity index (χ1) is 7.42. The summed E-state index contributed by atoms with van der Waals surface area (Å²) in [5.41, 5.74) is 7.85. The second-order valence-electron chi connectivity index (χ2n) is 4.70. The van der Waals surface area contributed by atoms with Crippen molar-refractivity contribution in [1.82, 2.24) is 0 Å². The van der Waals surface area contributed by atoms with Gasteiger partial charge in [-0.25, -0.2) is 0 Å². The third kappa shape index (κ3) is 2.69. The van der Waals surface area contributed by atoms with Gasteiger partial charge in [0.1, 0.15) is 0 Å². The summed E-state index contributed by atoms with van der Waals surface area (Å²) in [5.74, 6) is 0. The monoisotopic (exact) mass is 240 g/mol. The van der Waals surface area contributed by atoms with Crippen molar-refractivity contribution in [3.63, 3.8) is 0 Å². The van der Waals surface area contributed by atoms with Crippen LogP contribution < -0.4 is 10.6 Å². The van der Waals surface area contributed by atoms with Gasteiger partial charge in [-0.05, 0) is 38.0 Å². The highest BCUT2D eigenvalue weighted by Crippen LogP contribution is 2.28. The molecule has 0 radical (unpaired) electrons. The van der Waals surface area contributed by atoms with E-state index in [4.69, 9.17) is 17.3 Å². The van der Waals surface area contributed by atoms with E-state index in [9.17, 15) is 0 Å². The average molecular weight is 241 g/mol. The van der Waals surface area contributed by atoms with Crippen LogP contribution in [0.4, 0.5) is 5.69 Å². The molecule has 1 rings (SSSR count). The molecule has 0 aromatic heterocycles. The SMILES string of the molecule is CCC(C)(C)N(C)c1ccc(CN)c(Cl)c1. The third-order valence-electron chi connectivity index (χ3n) is 3.42. The molecule has 0 spiro atoms. The molecule has 0 atom stereocenters. The fourth-order valence-corrected chi connectivity index (χ4v) is 1.75. The summed E-state index contributed by atoms with van der Waals surface area (Å²) in [4.78, 5) is 2.25. The summed E-state index contributed by atoms with van der Waals surface area (Å²) in [6, 6.07) is 6.06. The van der Waals surface area contributed by atoms with E-state index in [1.807, 2.05) is 12.1 Å². The minimum atomic E-state index is 0.133. The van der Waals surface area contributed by atoms with Crippen molar-refractivity contribution in [3.05, 3.63) is 28.8 Å². The first-order valence-corrected chi connectivity index (χ1v) is 6.02. The Morgan fingerprint density at radius 3 is 2.44 bits per heavy atom. The number of benzene rings is 1. The van der Waals surface area contributed by atoms with E-state index in [1.165, 1.54) is 0 Å². The Balaban J connectivity index is 3.02. The van der Waals surface area contributed by atoms with Crippen LogP contribution in [0.1, 0.15) is 32.8 Å². The molecule has 0 aliphatic rings. The van der Waals surface area contributed by atoms with Gasteiger partial charge in [0.2, 0.25) is 0 Å². The number of halogens is 1. The fraction of sp³-hybridized carbons (Fsp3) is 0.538. The normalized spacial score (nSPS) is 11.6. The fourth-order valence-electron chi connectivity index (χ4n) is 1.50. The zero-order valence-electron chi connectivity index (χ0n) is 10.5. The molecule has 90 valence electrons. The lowest BCUT2D eigenvalue weighted by Crippen LogP contribution is -2.40. The number of nitrogens with two attached hydrogens (primary N) is 1. The predicted molar refractivity (Wildman–Crippen MR) is 72.1 cm³/mol. The summed E-state index contributed by atoms with van der Waals surface area (Å²) in [7, 11) is 2.09. The van der Waals surface area contributed by atoms with Crippen molar-refractivity contribution in [2.75, 3.05) is 11.9 Å². The van der Waals surface area contributed by atoms with E-state index >= 15 is 0 Å². The largest absolute Gasteiger partial charge is 0.369 e. The van der Waals surface area contributed by atoms with E-state index in [0.29, 0.717) is 6.54 Å². The van der Waals surface area contributed by atoms with E-state index < -0.39 is 0 Å². The summed E-state index contributed by atoms with van der Waals surface area (Å²) in [6.45, 7) is 7.11. The van der Waals surface area contributed by atoms with Crippen molar-refractivity contribution in [3.8, 4) is 0 Å². The molecule has 0 fully saturated rings. The molecule has 0 saturated carbocycles. The van der Waals surface area contributed by atoms with Gasteiger partial charge in [0.25, 0.3) is 0 Å². The van der Waals surface area contributed by atoms with Gasteiger partial charge in [0, 0.05) is 29.8 Å². The smallest absolute Gasteiger partial charge is 0.0471 e. The zero-order valence-corrected chi connectivity index (χ0v) is 11.3. The molecule has 0 heterocycles. The van der Waals surface area contributed by atoms with Crippen molar-refractivity contribution in [2.24, 2.45) is 5.73 Å². The summed E-state index contributed by atoms with van der Waals surface area (Å²) < 4.78 is 0. The molecular weight excluding hydrogens is 220 g/mol. The molecule has 1 aromatic carbocycles. The first kappa shape index (κ1) is 13.3. The number of nitrogens with zero attached hydrogens (tertiary/aromatic N) is 1. The van der Waals surface area contributed by atoms with Crippen LogP contribution in [-0.4, -0.2) is 12.6 Å². The molecule has 0 bridgehead atoms. The van der Waals surface area contributed by atoms with Gasteiger partial charge >= 0.3 is 0 Å². The van der Waals surface area contributed by atoms with Crippen molar-refractivity contribution >= 4 is 17.3 Å². The van der Waals surface area contributed by atoms with Gasteiger partial charge < -0.3 is 10.6 Å². The van der Waals surface area contributed by atoms with Crippen LogP contribution in [0.3, 0.4) is 0 Å². The van der Waals surface area contributed by atoms with Gasteiger partial charge in [0.05, 0.1) is 0 Å². The lowest BCUT2D eigenvalue weighted by atomic mass is 9.99. The Kier molecular flexibility index (Phi) is 4.22. The van der Waals surface area contributed by atoms with Gasteiger partial charge in [-0.2, -0.15) is 0 Å². The Morgan fingerprint density at radius 1 is 1.38 bits per heavy atom. The van der Waals surface area contributed by atoms with E-state index in [-0.39, 0.29) is 5.54 Å². The highest BCUT2D eigenvalue weighted by atomic mass is 35.5. The van der Waals surface area contributed by atoms with Crippen LogP contribution in [0.25, 0.3) is 0 Å². The molecule has 3 heteroatoms. The Hall–Kier alpha value is -0.730. The molecule has 0 unspecified atom stereocenters. The van der Waals surface area contributed by atoms with Gasteiger partial charge in [-0.15, -0.1) is 0 Å². The number of rotatable bonds is 4. The van der Waals surface area contributed by atoms with Crippen molar-refractivity contribution in [1.29, 1.82) is 0 Å². The van der Waals surface area contributed by atoms with Crippen LogP contribution in [-0.2, 0) is 6.54 Å². The van der Waals surface area contributed by atoms with Crippen LogP contribution in [0.15, 0.2) is 18.2 Å². The molecule has 0 aliphatic carbocycles. The summed E-state index contributed by atoms with van der Waals surface area (Å²) in [5, 5.41) is 0.749. The molecular formula is C13H21ClN2. The molecule has 0 saturated heterocycles. The van der Waals surface area contributed by atoms with Crippen LogP contribution in [0.5, 0.6) is 0 Å². The van der Waals surface area contributed by atoms with E-state index in [2.05, 4.69) is 38.8 Å². The van der Waals surface area contributed by atoms with Gasteiger partial charge in [-0.3, -0.25) is 0 Å². The summed E-state index contributed by atoms with van der Waals surface area (Å²) in [6.07, 6.45) is 1.08. The quantitative estimate of drug-likeness (QED) is 0.874. The summed E-state index contributed by atoms with van der Waals surface area (Å²) >= 11 is 6.16. The minimum Gasteiger partial charge on any atom is -0.369 e. The number of hydrogen-bond acceptors (Lipinski definition) is 2. The average Bonchev–Trinajstić information content (AvgIpc) is 2.27. The molecule has 2 N–H and O–H groups in total. The lowest BCUT2D eigenvalue weighted by Gasteiger charge is -2.37. The predicted octanol–water partition coefficient (Wildman–Crippen LogP) is 3.42.